The number of aryl methyl sites for hydroxylation is 2. The highest BCUT2D eigenvalue weighted by atomic mass is 16.5. The van der Waals surface area contributed by atoms with Crippen LogP contribution in [0.2, 0.25) is 0 Å². The smallest absolute Gasteiger partial charge is 0.0759 e. The summed E-state index contributed by atoms with van der Waals surface area (Å²) < 4.78 is 6.06. The van der Waals surface area contributed by atoms with Crippen LogP contribution in [0.5, 0.6) is 0 Å². The van der Waals surface area contributed by atoms with Crippen molar-refractivity contribution < 1.29 is 4.74 Å². The first kappa shape index (κ1) is 15.5. The molecule has 1 aromatic rings. The summed E-state index contributed by atoms with van der Waals surface area (Å²) in [5, 5.41) is 3.66. The van der Waals surface area contributed by atoms with Gasteiger partial charge in [0.15, 0.2) is 0 Å². The number of hydrogen-bond donors (Lipinski definition) is 1. The third-order valence-electron chi connectivity index (χ3n) is 4.25. The molecule has 0 saturated heterocycles. The molecule has 2 atom stereocenters. The molecule has 112 valence electrons. The molecule has 1 N–H and O–H groups in total. The SMILES string of the molecule is CCNC(Cc1cc(C)ccc1C)C(OCC)C1CC1. The summed E-state index contributed by atoms with van der Waals surface area (Å²) in [5.74, 6) is 0.768. The molecule has 0 radical (unpaired) electrons. The van der Waals surface area contributed by atoms with Crippen molar-refractivity contribution >= 4 is 0 Å². The number of rotatable bonds is 8. The zero-order valence-corrected chi connectivity index (χ0v) is 13.4. The minimum absolute atomic E-state index is 0.375. The number of likely N-dealkylation sites (N-methyl/N-ethyl adjacent to an activating group) is 1. The van der Waals surface area contributed by atoms with E-state index in [0.29, 0.717) is 12.1 Å². The van der Waals surface area contributed by atoms with Crippen LogP contribution in [0, 0.1) is 19.8 Å². The molecule has 20 heavy (non-hydrogen) atoms. The molecule has 1 saturated carbocycles. The molecule has 0 aliphatic heterocycles. The summed E-state index contributed by atoms with van der Waals surface area (Å²) in [7, 11) is 0. The van der Waals surface area contributed by atoms with Crippen molar-refractivity contribution in [2.75, 3.05) is 13.2 Å². The van der Waals surface area contributed by atoms with E-state index in [4.69, 9.17) is 4.74 Å². The van der Waals surface area contributed by atoms with Crippen LogP contribution in [-0.4, -0.2) is 25.3 Å². The second kappa shape index (κ2) is 7.24. The Hall–Kier alpha value is -0.860. The predicted molar refractivity (Wildman–Crippen MR) is 85.2 cm³/mol. The largest absolute Gasteiger partial charge is 0.377 e. The molecule has 1 aromatic carbocycles. The van der Waals surface area contributed by atoms with Gasteiger partial charge in [-0.3, -0.25) is 0 Å². The summed E-state index contributed by atoms with van der Waals surface area (Å²) in [4.78, 5) is 0. The number of benzene rings is 1. The van der Waals surface area contributed by atoms with Crippen LogP contribution in [0.3, 0.4) is 0 Å². The van der Waals surface area contributed by atoms with Gasteiger partial charge in [-0.05, 0) is 63.6 Å². The van der Waals surface area contributed by atoms with Gasteiger partial charge in [0.05, 0.1) is 6.10 Å². The van der Waals surface area contributed by atoms with Gasteiger partial charge in [0.1, 0.15) is 0 Å². The lowest BCUT2D eigenvalue weighted by molar-refractivity contribution is 0.0196. The first-order chi connectivity index (χ1) is 9.65. The highest BCUT2D eigenvalue weighted by molar-refractivity contribution is 5.31. The van der Waals surface area contributed by atoms with E-state index in [-0.39, 0.29) is 0 Å². The number of hydrogen-bond acceptors (Lipinski definition) is 2. The van der Waals surface area contributed by atoms with E-state index in [9.17, 15) is 0 Å². The van der Waals surface area contributed by atoms with Gasteiger partial charge < -0.3 is 10.1 Å². The summed E-state index contributed by atoms with van der Waals surface area (Å²) in [6.45, 7) is 10.5. The van der Waals surface area contributed by atoms with Crippen LogP contribution in [-0.2, 0) is 11.2 Å². The van der Waals surface area contributed by atoms with Crippen molar-refractivity contribution in [3.63, 3.8) is 0 Å². The highest BCUT2D eigenvalue weighted by Crippen LogP contribution is 2.36. The van der Waals surface area contributed by atoms with Gasteiger partial charge in [-0.25, -0.2) is 0 Å². The lowest BCUT2D eigenvalue weighted by atomic mass is 9.94. The predicted octanol–water partition coefficient (Wildman–Crippen LogP) is 3.64. The van der Waals surface area contributed by atoms with Gasteiger partial charge in [0.2, 0.25) is 0 Å². The maximum atomic E-state index is 6.06. The first-order valence-corrected chi connectivity index (χ1v) is 8.06. The van der Waals surface area contributed by atoms with E-state index >= 15 is 0 Å². The lowest BCUT2D eigenvalue weighted by Gasteiger charge is -2.28. The summed E-state index contributed by atoms with van der Waals surface area (Å²) in [5.41, 5.74) is 4.20. The summed E-state index contributed by atoms with van der Waals surface area (Å²) >= 11 is 0. The molecular weight excluding hydrogens is 246 g/mol. The standard InChI is InChI=1S/C18H29NO/c1-5-19-17(18(20-6-2)15-9-10-15)12-16-11-13(3)7-8-14(16)4/h7-8,11,15,17-19H,5-6,9-10,12H2,1-4H3. The molecule has 0 amide bonds. The Morgan fingerprint density at radius 3 is 2.60 bits per heavy atom. The van der Waals surface area contributed by atoms with Gasteiger partial charge in [-0.1, -0.05) is 30.7 Å². The average molecular weight is 275 g/mol. The molecule has 1 aliphatic carbocycles. The molecule has 2 unspecified atom stereocenters. The van der Waals surface area contributed by atoms with Gasteiger partial charge in [0, 0.05) is 12.6 Å². The summed E-state index contributed by atoms with van der Waals surface area (Å²) in [6.07, 6.45) is 4.11. The summed E-state index contributed by atoms with van der Waals surface area (Å²) in [6, 6.07) is 7.20. The molecule has 1 fully saturated rings. The second-order valence-electron chi connectivity index (χ2n) is 6.06. The van der Waals surface area contributed by atoms with Crippen molar-refractivity contribution in [1.82, 2.24) is 5.32 Å². The monoisotopic (exact) mass is 275 g/mol. The minimum atomic E-state index is 0.375. The van der Waals surface area contributed by atoms with Crippen LogP contribution in [0.15, 0.2) is 18.2 Å². The van der Waals surface area contributed by atoms with Gasteiger partial charge in [0.25, 0.3) is 0 Å². The van der Waals surface area contributed by atoms with Crippen molar-refractivity contribution in [2.24, 2.45) is 5.92 Å². The molecule has 0 bridgehead atoms. The number of ether oxygens (including phenoxy) is 1. The van der Waals surface area contributed by atoms with Crippen LogP contribution in [0.25, 0.3) is 0 Å². The highest BCUT2D eigenvalue weighted by Gasteiger charge is 2.37. The van der Waals surface area contributed by atoms with Crippen molar-refractivity contribution in [3.05, 3.63) is 34.9 Å². The van der Waals surface area contributed by atoms with Crippen molar-refractivity contribution in [2.45, 2.75) is 59.1 Å². The van der Waals surface area contributed by atoms with Crippen LogP contribution < -0.4 is 5.32 Å². The topological polar surface area (TPSA) is 21.3 Å². The van der Waals surface area contributed by atoms with Crippen LogP contribution >= 0.6 is 0 Å². The molecule has 2 nitrogen and oxygen atoms in total. The average Bonchev–Trinajstić information content (AvgIpc) is 3.24. The van der Waals surface area contributed by atoms with Gasteiger partial charge in [-0.2, -0.15) is 0 Å². The Balaban J connectivity index is 2.12. The molecule has 2 rings (SSSR count). The van der Waals surface area contributed by atoms with Gasteiger partial charge >= 0.3 is 0 Å². The quantitative estimate of drug-likeness (QED) is 0.782. The maximum Gasteiger partial charge on any atom is 0.0759 e. The Morgan fingerprint density at radius 2 is 2.00 bits per heavy atom. The Labute approximate surface area is 123 Å². The maximum absolute atomic E-state index is 6.06. The zero-order chi connectivity index (χ0) is 14.5. The van der Waals surface area contributed by atoms with Crippen LogP contribution in [0.4, 0.5) is 0 Å². The number of nitrogens with one attached hydrogen (secondary N) is 1. The van der Waals surface area contributed by atoms with E-state index < -0.39 is 0 Å². The normalized spacial score (nSPS) is 18.0. The van der Waals surface area contributed by atoms with E-state index in [1.807, 2.05) is 0 Å². The lowest BCUT2D eigenvalue weighted by Crippen LogP contribution is -2.44. The molecular formula is C18H29NO. The van der Waals surface area contributed by atoms with E-state index in [2.05, 4.69) is 51.2 Å². The van der Waals surface area contributed by atoms with Gasteiger partial charge in [-0.15, -0.1) is 0 Å². The fraction of sp³-hybridized carbons (Fsp3) is 0.667. The molecule has 0 aromatic heterocycles. The van der Waals surface area contributed by atoms with E-state index in [0.717, 1.165) is 25.5 Å². The molecule has 1 aliphatic rings. The van der Waals surface area contributed by atoms with E-state index in [1.165, 1.54) is 29.5 Å². The third kappa shape index (κ3) is 4.07. The fourth-order valence-electron chi connectivity index (χ4n) is 3.02. The van der Waals surface area contributed by atoms with Crippen molar-refractivity contribution in [3.8, 4) is 0 Å². The first-order valence-electron chi connectivity index (χ1n) is 8.06. The Morgan fingerprint density at radius 1 is 1.25 bits per heavy atom. The third-order valence-corrected chi connectivity index (χ3v) is 4.25. The Kier molecular flexibility index (Phi) is 5.62. The fourth-order valence-corrected chi connectivity index (χ4v) is 3.02. The van der Waals surface area contributed by atoms with Crippen LogP contribution in [0.1, 0.15) is 43.4 Å². The molecule has 0 heterocycles. The zero-order valence-electron chi connectivity index (χ0n) is 13.4. The van der Waals surface area contributed by atoms with E-state index in [1.54, 1.807) is 0 Å². The minimum Gasteiger partial charge on any atom is -0.377 e. The van der Waals surface area contributed by atoms with Crippen molar-refractivity contribution in [1.29, 1.82) is 0 Å². The Bertz CT molecular complexity index is 425. The molecule has 0 spiro atoms. The second-order valence-corrected chi connectivity index (χ2v) is 6.06. The molecule has 2 heteroatoms.